The molecule has 1 saturated heterocycles. The maximum Gasteiger partial charge on any atom is 0.258 e. The van der Waals surface area contributed by atoms with Crippen molar-refractivity contribution in [2.24, 2.45) is 0 Å². The van der Waals surface area contributed by atoms with Crippen molar-refractivity contribution in [3.05, 3.63) is 41.4 Å². The van der Waals surface area contributed by atoms with Gasteiger partial charge in [0.15, 0.2) is 0 Å². The lowest BCUT2D eigenvalue weighted by Crippen LogP contribution is -2.30. The number of β-amino-alcohol motifs (C(OH)–C–C–N with tert-alkyl or cyclic N) is 1. The second kappa shape index (κ2) is 5.11. The summed E-state index contributed by atoms with van der Waals surface area (Å²) in [5.74, 6) is 0.507. The fourth-order valence-electron chi connectivity index (χ4n) is 2.63. The molecule has 0 saturated carbocycles. The molecule has 0 aromatic carbocycles. The third-order valence-electron chi connectivity index (χ3n) is 3.68. The van der Waals surface area contributed by atoms with Crippen molar-refractivity contribution in [3.8, 4) is 12.0 Å². The van der Waals surface area contributed by atoms with Gasteiger partial charge in [0.1, 0.15) is 23.0 Å². The number of amides is 1. The fraction of sp³-hybridized carbons (Fsp3) is 0.333. The number of hydrogen-bond donors (Lipinski definition) is 1. The van der Waals surface area contributed by atoms with Crippen LogP contribution in [-0.4, -0.2) is 39.7 Å². The zero-order valence-corrected chi connectivity index (χ0v) is 11.6. The SMILES string of the molecule is Cc1oc(-n2cccc2)c(C#N)c1C(=O)N1CC[C@@H](O)C1. The number of furan rings is 1. The van der Waals surface area contributed by atoms with E-state index in [1.165, 1.54) is 0 Å². The van der Waals surface area contributed by atoms with Gasteiger partial charge < -0.3 is 14.4 Å². The van der Waals surface area contributed by atoms with Crippen LogP contribution < -0.4 is 0 Å². The molecule has 21 heavy (non-hydrogen) atoms. The molecule has 2 aromatic rings. The second-order valence-corrected chi connectivity index (χ2v) is 5.11. The van der Waals surface area contributed by atoms with Gasteiger partial charge in [0, 0.05) is 25.5 Å². The number of nitrogens with zero attached hydrogens (tertiary/aromatic N) is 3. The second-order valence-electron chi connectivity index (χ2n) is 5.11. The van der Waals surface area contributed by atoms with Crippen LogP contribution in [0, 0.1) is 18.3 Å². The van der Waals surface area contributed by atoms with Gasteiger partial charge in [-0.1, -0.05) is 0 Å². The fourth-order valence-corrected chi connectivity index (χ4v) is 2.63. The molecule has 3 rings (SSSR count). The Kier molecular flexibility index (Phi) is 3.28. The molecule has 1 aliphatic heterocycles. The normalized spacial score (nSPS) is 18.0. The highest BCUT2D eigenvalue weighted by Crippen LogP contribution is 2.27. The lowest BCUT2D eigenvalue weighted by Gasteiger charge is -2.14. The summed E-state index contributed by atoms with van der Waals surface area (Å²) in [6.07, 6.45) is 3.59. The van der Waals surface area contributed by atoms with Crippen LogP contribution in [0.25, 0.3) is 5.88 Å². The first kappa shape index (κ1) is 13.5. The number of aliphatic hydroxyl groups is 1. The molecule has 3 heterocycles. The van der Waals surface area contributed by atoms with Gasteiger partial charge in [-0.05, 0) is 25.5 Å². The number of carbonyl (C=O) groups is 1. The summed E-state index contributed by atoms with van der Waals surface area (Å²) >= 11 is 0. The molecule has 108 valence electrons. The van der Waals surface area contributed by atoms with Crippen molar-refractivity contribution in [3.63, 3.8) is 0 Å². The Morgan fingerprint density at radius 1 is 1.48 bits per heavy atom. The molecule has 1 aliphatic rings. The number of aliphatic hydroxyl groups excluding tert-OH is 1. The number of carbonyl (C=O) groups excluding carboxylic acids is 1. The van der Waals surface area contributed by atoms with E-state index in [9.17, 15) is 15.2 Å². The average Bonchev–Trinajstić information content (AvgIpc) is 3.16. The summed E-state index contributed by atoms with van der Waals surface area (Å²) in [7, 11) is 0. The summed E-state index contributed by atoms with van der Waals surface area (Å²) in [5, 5.41) is 19.0. The van der Waals surface area contributed by atoms with Crippen LogP contribution in [0.1, 0.15) is 28.1 Å². The molecule has 1 fully saturated rings. The van der Waals surface area contributed by atoms with E-state index in [1.54, 1.807) is 28.8 Å². The Morgan fingerprint density at radius 3 is 2.76 bits per heavy atom. The highest BCUT2D eigenvalue weighted by molar-refractivity contribution is 5.98. The lowest BCUT2D eigenvalue weighted by molar-refractivity contribution is 0.0763. The molecule has 0 spiro atoms. The van der Waals surface area contributed by atoms with E-state index in [1.807, 2.05) is 12.1 Å². The average molecular weight is 285 g/mol. The summed E-state index contributed by atoms with van der Waals surface area (Å²) in [4.78, 5) is 14.1. The van der Waals surface area contributed by atoms with Crippen molar-refractivity contribution >= 4 is 5.91 Å². The van der Waals surface area contributed by atoms with E-state index in [0.717, 1.165) is 0 Å². The van der Waals surface area contributed by atoms with Gasteiger partial charge in [0.05, 0.1) is 6.10 Å². The molecule has 6 nitrogen and oxygen atoms in total. The number of rotatable bonds is 2. The van der Waals surface area contributed by atoms with Crippen LogP contribution in [0.3, 0.4) is 0 Å². The van der Waals surface area contributed by atoms with Crippen molar-refractivity contribution in [2.45, 2.75) is 19.4 Å². The molecule has 1 amide bonds. The first-order valence-electron chi connectivity index (χ1n) is 6.76. The van der Waals surface area contributed by atoms with Crippen molar-refractivity contribution in [1.82, 2.24) is 9.47 Å². The highest BCUT2D eigenvalue weighted by Gasteiger charge is 2.31. The van der Waals surface area contributed by atoms with Crippen molar-refractivity contribution < 1.29 is 14.3 Å². The van der Waals surface area contributed by atoms with E-state index in [-0.39, 0.29) is 17.0 Å². The molecule has 1 atom stereocenters. The molecule has 0 radical (unpaired) electrons. The number of likely N-dealkylation sites (tertiary alicyclic amines) is 1. The molecule has 6 heteroatoms. The van der Waals surface area contributed by atoms with Crippen molar-refractivity contribution in [1.29, 1.82) is 5.26 Å². The molecular weight excluding hydrogens is 270 g/mol. The monoisotopic (exact) mass is 285 g/mol. The largest absolute Gasteiger partial charge is 0.443 e. The Morgan fingerprint density at radius 2 is 2.19 bits per heavy atom. The quantitative estimate of drug-likeness (QED) is 0.905. The Bertz CT molecular complexity index is 709. The smallest absolute Gasteiger partial charge is 0.258 e. The minimum absolute atomic E-state index is 0.232. The minimum atomic E-state index is -0.490. The number of aromatic nitrogens is 1. The van der Waals surface area contributed by atoms with Crippen LogP contribution in [-0.2, 0) is 0 Å². The highest BCUT2D eigenvalue weighted by atomic mass is 16.4. The maximum atomic E-state index is 12.6. The van der Waals surface area contributed by atoms with Crippen LogP contribution in [0.5, 0.6) is 0 Å². The first-order chi connectivity index (χ1) is 10.1. The van der Waals surface area contributed by atoms with E-state index in [4.69, 9.17) is 4.42 Å². The molecule has 0 bridgehead atoms. The van der Waals surface area contributed by atoms with E-state index in [0.29, 0.717) is 31.2 Å². The summed E-state index contributed by atoms with van der Waals surface area (Å²) < 4.78 is 7.29. The maximum absolute atomic E-state index is 12.6. The van der Waals surface area contributed by atoms with Gasteiger partial charge in [-0.3, -0.25) is 9.36 Å². The zero-order valence-electron chi connectivity index (χ0n) is 11.6. The summed E-state index contributed by atoms with van der Waals surface area (Å²) in [6, 6.07) is 5.70. The first-order valence-corrected chi connectivity index (χ1v) is 6.76. The summed E-state index contributed by atoms with van der Waals surface area (Å²) in [6.45, 7) is 2.47. The third kappa shape index (κ3) is 2.22. The predicted molar refractivity (Wildman–Crippen MR) is 74.0 cm³/mol. The van der Waals surface area contributed by atoms with Gasteiger partial charge in [-0.2, -0.15) is 5.26 Å². The van der Waals surface area contributed by atoms with Crippen LogP contribution in [0.15, 0.2) is 28.9 Å². The molecular formula is C15H15N3O3. The molecule has 0 unspecified atom stereocenters. The third-order valence-corrected chi connectivity index (χ3v) is 3.68. The Balaban J connectivity index is 2.03. The van der Waals surface area contributed by atoms with Gasteiger partial charge in [-0.25, -0.2) is 0 Å². The number of aryl methyl sites for hydroxylation is 1. The standard InChI is InChI=1S/C15H15N3O3/c1-10-13(14(20)18-7-4-11(19)9-18)12(8-16)15(21-10)17-5-2-3-6-17/h2-3,5-6,11,19H,4,7,9H2,1H3/t11-/m1/s1. The van der Waals surface area contributed by atoms with Gasteiger partial charge in [0.2, 0.25) is 5.88 Å². The lowest BCUT2D eigenvalue weighted by atomic mass is 10.1. The van der Waals surface area contributed by atoms with E-state index >= 15 is 0 Å². The predicted octanol–water partition coefficient (Wildman–Crippen LogP) is 1.46. The topological polar surface area (TPSA) is 82.4 Å². The van der Waals surface area contributed by atoms with Gasteiger partial charge >= 0.3 is 0 Å². The van der Waals surface area contributed by atoms with Gasteiger partial charge in [-0.15, -0.1) is 0 Å². The number of nitriles is 1. The van der Waals surface area contributed by atoms with E-state index in [2.05, 4.69) is 6.07 Å². The van der Waals surface area contributed by atoms with Crippen LogP contribution in [0.2, 0.25) is 0 Å². The molecule has 1 N–H and O–H groups in total. The van der Waals surface area contributed by atoms with Crippen LogP contribution in [0.4, 0.5) is 0 Å². The molecule has 0 aliphatic carbocycles. The van der Waals surface area contributed by atoms with E-state index < -0.39 is 6.10 Å². The molecule has 2 aromatic heterocycles. The zero-order chi connectivity index (χ0) is 15.0. The Hall–Kier alpha value is -2.52. The Labute approximate surface area is 121 Å². The van der Waals surface area contributed by atoms with Crippen LogP contribution >= 0.6 is 0 Å². The summed E-state index contributed by atoms with van der Waals surface area (Å²) in [5.41, 5.74) is 0.519. The van der Waals surface area contributed by atoms with Gasteiger partial charge in [0.25, 0.3) is 5.91 Å². The van der Waals surface area contributed by atoms with Crippen molar-refractivity contribution in [2.75, 3.05) is 13.1 Å². The minimum Gasteiger partial charge on any atom is -0.443 e. The number of hydrogen-bond acceptors (Lipinski definition) is 4.